The van der Waals surface area contributed by atoms with Gasteiger partial charge in [-0.1, -0.05) is 30.7 Å². The largest absolute Gasteiger partial charge is 0.383 e. The number of hydrogen-bond acceptors (Lipinski definition) is 3. The SMILES string of the molecule is CCCNC(Cc1ccc(F)cc1)c1cc(Cl)cnc1N. The van der Waals surface area contributed by atoms with Crippen LogP contribution in [0.25, 0.3) is 0 Å². The molecule has 0 aliphatic carbocycles. The second-order valence-electron chi connectivity index (χ2n) is 4.97. The molecule has 1 heterocycles. The van der Waals surface area contributed by atoms with E-state index >= 15 is 0 Å². The van der Waals surface area contributed by atoms with Gasteiger partial charge in [-0.25, -0.2) is 9.37 Å². The predicted molar refractivity (Wildman–Crippen MR) is 84.8 cm³/mol. The Morgan fingerprint density at radius 3 is 2.71 bits per heavy atom. The van der Waals surface area contributed by atoms with Gasteiger partial charge in [0.15, 0.2) is 0 Å². The second kappa shape index (κ2) is 7.38. The van der Waals surface area contributed by atoms with Crippen molar-refractivity contribution in [2.45, 2.75) is 25.8 Å². The Bertz CT molecular complexity index is 587. The summed E-state index contributed by atoms with van der Waals surface area (Å²) in [4.78, 5) is 4.11. The van der Waals surface area contributed by atoms with Crippen LogP contribution in [0.4, 0.5) is 10.2 Å². The van der Waals surface area contributed by atoms with Crippen LogP contribution in [0, 0.1) is 5.82 Å². The van der Waals surface area contributed by atoms with E-state index in [1.54, 1.807) is 12.1 Å². The lowest BCUT2D eigenvalue weighted by atomic mass is 9.99. The predicted octanol–water partition coefficient (Wildman–Crippen LogP) is 3.74. The minimum atomic E-state index is -0.235. The van der Waals surface area contributed by atoms with Gasteiger partial charge in [-0.3, -0.25) is 0 Å². The van der Waals surface area contributed by atoms with Crippen LogP contribution in [-0.4, -0.2) is 11.5 Å². The first kappa shape index (κ1) is 15.7. The highest BCUT2D eigenvalue weighted by Gasteiger charge is 2.16. The summed E-state index contributed by atoms with van der Waals surface area (Å²) in [6.45, 7) is 2.96. The lowest BCUT2D eigenvalue weighted by Crippen LogP contribution is -2.25. The molecule has 3 N–H and O–H groups in total. The molecule has 0 fully saturated rings. The smallest absolute Gasteiger partial charge is 0.128 e. The Morgan fingerprint density at radius 2 is 2.05 bits per heavy atom. The molecule has 0 saturated heterocycles. The van der Waals surface area contributed by atoms with Crippen LogP contribution in [-0.2, 0) is 6.42 Å². The van der Waals surface area contributed by atoms with Gasteiger partial charge >= 0.3 is 0 Å². The molecule has 112 valence electrons. The third-order valence-corrected chi connectivity index (χ3v) is 3.49. The van der Waals surface area contributed by atoms with Gasteiger partial charge in [-0.05, 0) is 43.1 Å². The number of pyridine rings is 1. The van der Waals surface area contributed by atoms with Gasteiger partial charge in [-0.15, -0.1) is 0 Å². The molecule has 0 aliphatic heterocycles. The van der Waals surface area contributed by atoms with Crippen molar-refractivity contribution in [3.63, 3.8) is 0 Å². The minimum absolute atomic E-state index is 0.00149. The number of nitrogens with zero attached hydrogens (tertiary/aromatic N) is 1. The Morgan fingerprint density at radius 1 is 1.33 bits per heavy atom. The maximum absolute atomic E-state index is 13.0. The van der Waals surface area contributed by atoms with E-state index in [-0.39, 0.29) is 11.9 Å². The fourth-order valence-corrected chi connectivity index (χ4v) is 2.38. The molecule has 0 aliphatic rings. The third kappa shape index (κ3) is 4.41. The number of nitrogen functional groups attached to an aromatic ring is 1. The highest BCUT2D eigenvalue weighted by Crippen LogP contribution is 2.25. The van der Waals surface area contributed by atoms with Crippen molar-refractivity contribution in [2.24, 2.45) is 0 Å². The van der Waals surface area contributed by atoms with Gasteiger partial charge in [0.05, 0.1) is 5.02 Å². The van der Waals surface area contributed by atoms with E-state index in [4.69, 9.17) is 17.3 Å². The van der Waals surface area contributed by atoms with E-state index in [0.717, 1.165) is 24.1 Å². The molecule has 1 aromatic carbocycles. The Labute approximate surface area is 129 Å². The summed E-state index contributed by atoms with van der Waals surface area (Å²) in [5.74, 6) is 0.232. The fourth-order valence-electron chi connectivity index (χ4n) is 2.21. The molecule has 0 spiro atoms. The lowest BCUT2D eigenvalue weighted by Gasteiger charge is -2.20. The molecule has 1 atom stereocenters. The van der Waals surface area contributed by atoms with E-state index in [0.29, 0.717) is 17.3 Å². The molecule has 0 radical (unpaired) electrons. The monoisotopic (exact) mass is 307 g/mol. The second-order valence-corrected chi connectivity index (χ2v) is 5.40. The van der Waals surface area contributed by atoms with Crippen LogP contribution < -0.4 is 11.1 Å². The van der Waals surface area contributed by atoms with Crippen molar-refractivity contribution in [1.82, 2.24) is 10.3 Å². The van der Waals surface area contributed by atoms with Crippen LogP contribution >= 0.6 is 11.6 Å². The number of rotatable bonds is 6. The summed E-state index contributed by atoms with van der Waals surface area (Å²) in [7, 11) is 0. The maximum atomic E-state index is 13.0. The number of nitrogens with two attached hydrogens (primary N) is 1. The van der Waals surface area contributed by atoms with E-state index in [2.05, 4.69) is 17.2 Å². The number of aromatic nitrogens is 1. The van der Waals surface area contributed by atoms with Gasteiger partial charge < -0.3 is 11.1 Å². The molecule has 0 bridgehead atoms. The molecular formula is C16H19ClFN3. The first-order valence-electron chi connectivity index (χ1n) is 6.99. The van der Waals surface area contributed by atoms with Gasteiger partial charge in [0.1, 0.15) is 11.6 Å². The Kier molecular flexibility index (Phi) is 5.53. The normalized spacial score (nSPS) is 12.3. The van der Waals surface area contributed by atoms with Crippen LogP contribution in [0.5, 0.6) is 0 Å². The van der Waals surface area contributed by atoms with Crippen LogP contribution in [0.2, 0.25) is 5.02 Å². The minimum Gasteiger partial charge on any atom is -0.383 e. The van der Waals surface area contributed by atoms with Gasteiger partial charge in [0, 0.05) is 17.8 Å². The average Bonchev–Trinajstić information content (AvgIpc) is 2.48. The van der Waals surface area contributed by atoms with Crippen molar-refractivity contribution in [3.8, 4) is 0 Å². The molecule has 2 rings (SSSR count). The van der Waals surface area contributed by atoms with Crippen LogP contribution in [0.1, 0.15) is 30.5 Å². The molecule has 0 amide bonds. The average molecular weight is 308 g/mol. The zero-order valence-electron chi connectivity index (χ0n) is 11.9. The first-order valence-corrected chi connectivity index (χ1v) is 7.36. The summed E-state index contributed by atoms with van der Waals surface area (Å²) in [6.07, 6.45) is 3.25. The summed E-state index contributed by atoms with van der Waals surface area (Å²) >= 11 is 6.02. The molecular weight excluding hydrogens is 289 g/mol. The molecule has 2 aromatic rings. The number of halogens is 2. The van der Waals surface area contributed by atoms with Crippen molar-refractivity contribution in [3.05, 3.63) is 58.5 Å². The van der Waals surface area contributed by atoms with Gasteiger partial charge in [0.2, 0.25) is 0 Å². The zero-order chi connectivity index (χ0) is 15.2. The molecule has 3 nitrogen and oxygen atoms in total. The standard InChI is InChI=1S/C16H19ClFN3/c1-2-7-20-15(8-11-3-5-13(18)6-4-11)14-9-12(17)10-21-16(14)19/h3-6,9-10,15,20H,2,7-8H2,1H3,(H2,19,21). The van der Waals surface area contributed by atoms with Crippen molar-refractivity contribution < 1.29 is 4.39 Å². The molecule has 1 unspecified atom stereocenters. The number of hydrogen-bond donors (Lipinski definition) is 2. The van der Waals surface area contributed by atoms with Crippen LogP contribution in [0.3, 0.4) is 0 Å². The molecule has 0 saturated carbocycles. The van der Waals surface area contributed by atoms with E-state index < -0.39 is 0 Å². The Hall–Kier alpha value is -1.65. The van der Waals surface area contributed by atoms with Crippen molar-refractivity contribution in [2.75, 3.05) is 12.3 Å². The maximum Gasteiger partial charge on any atom is 0.128 e. The molecule has 5 heteroatoms. The Balaban J connectivity index is 2.25. The van der Waals surface area contributed by atoms with E-state index in [9.17, 15) is 4.39 Å². The topological polar surface area (TPSA) is 50.9 Å². The van der Waals surface area contributed by atoms with Gasteiger partial charge in [-0.2, -0.15) is 0 Å². The van der Waals surface area contributed by atoms with Gasteiger partial charge in [0.25, 0.3) is 0 Å². The lowest BCUT2D eigenvalue weighted by molar-refractivity contribution is 0.529. The van der Waals surface area contributed by atoms with Crippen molar-refractivity contribution >= 4 is 17.4 Å². The van der Waals surface area contributed by atoms with E-state index in [1.165, 1.54) is 18.3 Å². The highest BCUT2D eigenvalue weighted by molar-refractivity contribution is 6.30. The molecule has 21 heavy (non-hydrogen) atoms. The number of anilines is 1. The third-order valence-electron chi connectivity index (χ3n) is 3.29. The summed E-state index contributed by atoms with van der Waals surface area (Å²) in [6, 6.07) is 8.33. The summed E-state index contributed by atoms with van der Waals surface area (Å²) < 4.78 is 13.0. The summed E-state index contributed by atoms with van der Waals surface area (Å²) in [5.41, 5.74) is 7.88. The fraction of sp³-hybridized carbons (Fsp3) is 0.312. The van der Waals surface area contributed by atoms with E-state index in [1.807, 2.05) is 6.07 Å². The number of benzene rings is 1. The zero-order valence-corrected chi connectivity index (χ0v) is 12.7. The van der Waals surface area contributed by atoms with Crippen molar-refractivity contribution in [1.29, 1.82) is 0 Å². The highest BCUT2D eigenvalue weighted by atomic mass is 35.5. The quantitative estimate of drug-likeness (QED) is 0.854. The summed E-state index contributed by atoms with van der Waals surface area (Å²) in [5, 5.41) is 4.00. The first-order chi connectivity index (χ1) is 10.1. The van der Waals surface area contributed by atoms with Crippen LogP contribution in [0.15, 0.2) is 36.5 Å². The molecule has 1 aromatic heterocycles. The number of nitrogens with one attached hydrogen (secondary N) is 1.